The number of aliphatic carboxylic acids is 1. The van der Waals surface area contributed by atoms with Crippen molar-refractivity contribution in [1.82, 2.24) is 29.9 Å². The minimum atomic E-state index is -1.25. The van der Waals surface area contributed by atoms with Gasteiger partial charge in [-0.15, -0.1) is 0 Å². The molecule has 2 unspecified atom stereocenters. The number of H-pyrrole nitrogens is 1. The zero-order valence-electron chi connectivity index (χ0n) is 45.5. The number of carboxylic acids is 1. The molecule has 2 aliphatic heterocycles. The molecule has 76 heavy (non-hydrogen) atoms. The number of fused-ring (bicyclic) bond motifs is 2. The lowest BCUT2D eigenvalue weighted by Gasteiger charge is -2.22. The van der Waals surface area contributed by atoms with Crippen molar-refractivity contribution in [3.63, 3.8) is 0 Å². The van der Waals surface area contributed by atoms with Gasteiger partial charge in [0.1, 0.15) is 24.0 Å². The van der Waals surface area contributed by atoms with Crippen LogP contribution in [0.25, 0.3) is 0 Å². The van der Waals surface area contributed by atoms with Gasteiger partial charge in [0.2, 0.25) is 0 Å². The maximum atomic E-state index is 14.9. The Hall–Kier alpha value is -6.66. The smallest absolute Gasteiger partial charge is 0.307 e. The predicted molar refractivity (Wildman–Crippen MR) is 293 cm³/mol. The number of ether oxygens (including phenoxy) is 4. The van der Waals surface area contributed by atoms with Crippen LogP contribution in [0.4, 0.5) is 20.4 Å². The second-order valence-electron chi connectivity index (χ2n) is 21.9. The molecule has 6 heterocycles. The monoisotopic (exact) mass is 1060 g/mol. The third-order valence-corrected chi connectivity index (χ3v) is 15.1. The molecule has 0 aliphatic carbocycles. The number of benzene rings is 2. The topological polar surface area (TPSA) is 188 Å². The number of carbonyl (C=O) groups is 2. The van der Waals surface area contributed by atoms with Crippen LogP contribution in [0, 0.1) is 11.6 Å². The number of nitrogens with zero attached hydrogens (tertiary/aromatic N) is 5. The van der Waals surface area contributed by atoms with Crippen LogP contribution >= 0.6 is 0 Å². The summed E-state index contributed by atoms with van der Waals surface area (Å²) in [6.07, 6.45) is 9.21. The van der Waals surface area contributed by atoms with Gasteiger partial charge < -0.3 is 34.7 Å². The van der Waals surface area contributed by atoms with E-state index in [1.807, 2.05) is 37.6 Å². The van der Waals surface area contributed by atoms with Gasteiger partial charge in [-0.1, -0.05) is 43.9 Å². The van der Waals surface area contributed by atoms with Crippen molar-refractivity contribution in [1.29, 1.82) is 0 Å². The molecule has 0 saturated carbocycles. The lowest BCUT2D eigenvalue weighted by molar-refractivity contribution is -0.155. The molecule has 0 bridgehead atoms. The molecule has 4 aromatic heterocycles. The molecule has 0 spiro atoms. The number of hydrogen-bond acceptors (Lipinski definition) is 12. The molecule has 2 atom stereocenters. The molecule has 2 aliphatic rings. The van der Waals surface area contributed by atoms with Crippen molar-refractivity contribution in [2.24, 2.45) is 0 Å². The summed E-state index contributed by atoms with van der Waals surface area (Å²) in [6, 6.07) is 22.8. The summed E-state index contributed by atoms with van der Waals surface area (Å²) < 4.78 is 52.8. The number of aromatic amines is 1. The number of methoxy groups -OCH3 is 2. The Bertz CT molecular complexity index is 2900. The lowest BCUT2D eigenvalue weighted by atomic mass is 9.91. The standard InChI is InChI=1S/C34H49FN4O4Si.C24H27FN4O3/c1-34(2,3)43-32(40)22-28(25-14-16-31(41-4)29(35)20-25)30-21-27(39(38-30)23-42-18-19-44(5,6)7)12-8-11-26-15-13-24-10-9-17-36-33(24)37-26;1-32-22-10-8-16(12-20(22)25)19(14-23(30)31)21-13-18(28-29-21)6-2-5-17-9-7-15-4-3-11-26-24(15)27-17/h13-16,20-21,28H,8-12,17-19,22-23H2,1-7H3,(H,36,37);7-10,12-13,19H,2-6,11,14H2,1H3,(H,26,27)(H,28,29)(H,30,31). The Morgan fingerprint density at radius 3 is 1.83 bits per heavy atom. The number of halogens is 2. The summed E-state index contributed by atoms with van der Waals surface area (Å²) in [4.78, 5) is 34.1. The number of aromatic nitrogens is 6. The highest BCUT2D eigenvalue weighted by Crippen LogP contribution is 2.34. The maximum Gasteiger partial charge on any atom is 0.307 e. The van der Waals surface area contributed by atoms with E-state index in [4.69, 9.17) is 34.0 Å². The number of carbonyl (C=O) groups excluding carboxylic acids is 1. The molecule has 15 nitrogen and oxygen atoms in total. The van der Waals surface area contributed by atoms with Crippen molar-refractivity contribution in [3.8, 4) is 11.5 Å². The average Bonchev–Trinajstić information content (AvgIpc) is 4.02. The summed E-state index contributed by atoms with van der Waals surface area (Å²) in [5.74, 6) is -1.12. The van der Waals surface area contributed by atoms with E-state index in [1.54, 1.807) is 18.2 Å². The molecule has 408 valence electrons. The van der Waals surface area contributed by atoms with Gasteiger partial charge in [0.25, 0.3) is 0 Å². The lowest BCUT2D eigenvalue weighted by Crippen LogP contribution is -2.25. The zero-order valence-corrected chi connectivity index (χ0v) is 46.5. The van der Waals surface area contributed by atoms with E-state index in [2.05, 4.69) is 64.7 Å². The highest BCUT2D eigenvalue weighted by molar-refractivity contribution is 6.76. The summed E-state index contributed by atoms with van der Waals surface area (Å²) >= 11 is 0. The summed E-state index contributed by atoms with van der Waals surface area (Å²) in [5.41, 5.74) is 8.41. The second kappa shape index (κ2) is 26.4. The van der Waals surface area contributed by atoms with Crippen LogP contribution in [0.15, 0.2) is 72.8 Å². The third kappa shape index (κ3) is 16.7. The van der Waals surface area contributed by atoms with Gasteiger partial charge in [-0.25, -0.2) is 23.4 Å². The molecule has 4 N–H and O–H groups in total. The molecule has 0 radical (unpaired) electrons. The maximum absolute atomic E-state index is 14.9. The first-order valence-corrected chi connectivity index (χ1v) is 30.3. The normalized spacial score (nSPS) is 14.0. The molecular weight excluding hydrogens is 987 g/mol. The minimum Gasteiger partial charge on any atom is -0.494 e. The summed E-state index contributed by atoms with van der Waals surface area (Å²) in [5, 5.41) is 28.4. The van der Waals surface area contributed by atoms with Crippen molar-refractivity contribution in [3.05, 3.63) is 141 Å². The van der Waals surface area contributed by atoms with Gasteiger partial charge in [-0.2, -0.15) is 10.2 Å². The number of pyridine rings is 2. The van der Waals surface area contributed by atoms with Crippen LogP contribution in [0.1, 0.15) is 128 Å². The van der Waals surface area contributed by atoms with Crippen LogP contribution in [0.3, 0.4) is 0 Å². The number of esters is 1. The second-order valence-corrected chi connectivity index (χ2v) is 27.5. The fourth-order valence-corrected chi connectivity index (χ4v) is 10.2. The van der Waals surface area contributed by atoms with Crippen molar-refractivity contribution >= 4 is 31.6 Å². The van der Waals surface area contributed by atoms with Gasteiger partial charge in [0.15, 0.2) is 23.1 Å². The van der Waals surface area contributed by atoms with Crippen LogP contribution in [0.5, 0.6) is 11.5 Å². The number of carboxylic acid groups (broad SMARTS) is 1. The molecule has 2 aromatic carbocycles. The van der Waals surface area contributed by atoms with Gasteiger partial charge >= 0.3 is 11.9 Å². The van der Waals surface area contributed by atoms with Gasteiger partial charge in [0.05, 0.1) is 38.4 Å². The predicted octanol–water partition coefficient (Wildman–Crippen LogP) is 11.2. The van der Waals surface area contributed by atoms with E-state index in [9.17, 15) is 23.5 Å². The largest absolute Gasteiger partial charge is 0.494 e. The number of anilines is 2. The number of aryl methyl sites for hydroxylation is 6. The minimum absolute atomic E-state index is 0.0298. The van der Waals surface area contributed by atoms with Crippen molar-refractivity contribution in [2.45, 2.75) is 148 Å². The van der Waals surface area contributed by atoms with E-state index >= 15 is 0 Å². The Labute approximate surface area is 446 Å². The molecular formula is C58H76F2N8O7Si. The van der Waals surface area contributed by atoms with E-state index in [0.29, 0.717) is 35.9 Å². The van der Waals surface area contributed by atoms with Crippen LogP contribution in [-0.4, -0.2) is 94.6 Å². The molecule has 0 fully saturated rings. The molecule has 0 saturated heterocycles. The van der Waals surface area contributed by atoms with E-state index in [-0.39, 0.29) is 30.3 Å². The van der Waals surface area contributed by atoms with Gasteiger partial charge in [0, 0.05) is 62.4 Å². The first-order valence-electron chi connectivity index (χ1n) is 26.6. The van der Waals surface area contributed by atoms with Crippen LogP contribution in [-0.2, 0) is 64.3 Å². The number of nitrogens with one attached hydrogen (secondary N) is 3. The SMILES string of the molecule is COc1ccc(C(CC(=O)O)c2cc(CCCc3ccc4c(n3)NCCC4)[nH]n2)cc1F.COc1ccc(C(CC(=O)OC(C)(C)C)c2cc(CCCc3ccc4c(n3)NCCC4)n(COCC[Si](C)(C)C)n2)cc1F. The Balaban J connectivity index is 0.000000232. The highest BCUT2D eigenvalue weighted by atomic mass is 28.3. The Morgan fingerprint density at radius 2 is 1.30 bits per heavy atom. The van der Waals surface area contributed by atoms with Crippen molar-refractivity contribution < 1.29 is 42.4 Å². The first kappa shape index (κ1) is 57.1. The molecule has 18 heteroatoms. The average molecular weight is 1060 g/mol. The fourth-order valence-electron chi connectivity index (χ4n) is 9.41. The van der Waals surface area contributed by atoms with E-state index in [1.165, 1.54) is 43.5 Å². The summed E-state index contributed by atoms with van der Waals surface area (Å²) in [6.45, 7) is 15.4. The first-order chi connectivity index (χ1) is 36.3. The zero-order chi connectivity index (χ0) is 54.4. The highest BCUT2D eigenvalue weighted by Gasteiger charge is 2.28. The van der Waals surface area contributed by atoms with Crippen LogP contribution < -0.4 is 20.1 Å². The van der Waals surface area contributed by atoms with Gasteiger partial charge in [-0.05, 0) is 162 Å². The van der Waals surface area contributed by atoms with Crippen molar-refractivity contribution in [2.75, 3.05) is 44.5 Å². The number of hydrogen-bond donors (Lipinski definition) is 4. The van der Waals surface area contributed by atoms with E-state index < -0.39 is 43.1 Å². The quantitative estimate of drug-likeness (QED) is 0.0270. The summed E-state index contributed by atoms with van der Waals surface area (Å²) in [7, 11) is 1.57. The van der Waals surface area contributed by atoms with Gasteiger partial charge in [-0.3, -0.25) is 14.7 Å². The molecule has 0 amide bonds. The Kier molecular flexibility index (Phi) is 19.8. The van der Waals surface area contributed by atoms with E-state index in [0.717, 1.165) is 118 Å². The fraction of sp³-hybridized carbons (Fsp3) is 0.483. The Morgan fingerprint density at radius 1 is 0.737 bits per heavy atom. The number of rotatable bonds is 23. The molecule has 6 aromatic rings. The van der Waals surface area contributed by atoms with Crippen LogP contribution in [0.2, 0.25) is 25.7 Å². The molecule has 8 rings (SSSR count). The third-order valence-electron chi connectivity index (χ3n) is 13.4.